The third-order valence-corrected chi connectivity index (χ3v) is 6.35. The summed E-state index contributed by atoms with van der Waals surface area (Å²) in [6.45, 7) is 3.68. The molecule has 4 rings (SSSR count). The van der Waals surface area contributed by atoms with Gasteiger partial charge in [-0.25, -0.2) is 4.68 Å². The molecule has 0 unspecified atom stereocenters. The maximum absolute atomic E-state index is 12.9. The molecule has 1 saturated heterocycles. The summed E-state index contributed by atoms with van der Waals surface area (Å²) in [6.07, 6.45) is 1.65. The van der Waals surface area contributed by atoms with Crippen molar-refractivity contribution < 1.29 is 19.1 Å². The van der Waals surface area contributed by atoms with Crippen molar-refractivity contribution in [1.82, 2.24) is 20.0 Å². The van der Waals surface area contributed by atoms with Gasteiger partial charge < -0.3 is 10.1 Å². The average Bonchev–Trinajstić information content (AvgIpc) is 3.11. The number of benzene rings is 2. The summed E-state index contributed by atoms with van der Waals surface area (Å²) in [5.74, 6) is -0.213. The summed E-state index contributed by atoms with van der Waals surface area (Å²) in [5.41, 5.74) is 0.610. The molecule has 180 valence electrons. The summed E-state index contributed by atoms with van der Waals surface area (Å²) in [7, 11) is 1.57. The zero-order valence-corrected chi connectivity index (χ0v) is 20.3. The van der Waals surface area contributed by atoms with Crippen molar-refractivity contribution in [1.29, 1.82) is 0 Å². The van der Waals surface area contributed by atoms with Gasteiger partial charge in [-0.1, -0.05) is 30.3 Å². The van der Waals surface area contributed by atoms with Crippen LogP contribution >= 0.6 is 11.8 Å². The molecule has 1 fully saturated rings. The molecule has 0 bridgehead atoms. The molecule has 0 radical (unpaired) electrons. The molecule has 35 heavy (non-hydrogen) atoms. The molecule has 1 N–H and O–H groups in total. The molecule has 2 heterocycles. The van der Waals surface area contributed by atoms with Crippen molar-refractivity contribution in [3.8, 4) is 5.75 Å². The number of amides is 3. The van der Waals surface area contributed by atoms with Crippen LogP contribution in [0.5, 0.6) is 5.75 Å². The van der Waals surface area contributed by atoms with Gasteiger partial charge in [-0.15, -0.1) is 0 Å². The third-order valence-electron chi connectivity index (χ3n) is 5.44. The van der Waals surface area contributed by atoms with Crippen LogP contribution in [-0.2, 0) is 4.79 Å². The number of nitrogens with one attached hydrogen (secondary N) is 1. The molecule has 3 aromatic rings. The predicted octanol–water partition coefficient (Wildman–Crippen LogP) is 3.45. The van der Waals surface area contributed by atoms with Gasteiger partial charge in [-0.3, -0.25) is 24.1 Å². The van der Waals surface area contributed by atoms with Gasteiger partial charge in [0.15, 0.2) is 5.69 Å². The zero-order valence-electron chi connectivity index (χ0n) is 19.5. The second-order valence-corrected chi connectivity index (χ2v) is 9.09. The first kappa shape index (κ1) is 24.2. The van der Waals surface area contributed by atoms with Crippen molar-refractivity contribution in [2.45, 2.75) is 19.9 Å². The monoisotopic (exact) mass is 492 g/mol. The number of imide groups is 1. The minimum absolute atomic E-state index is 0.0120. The summed E-state index contributed by atoms with van der Waals surface area (Å²) < 4.78 is 6.40. The Balaban J connectivity index is 1.46. The van der Waals surface area contributed by atoms with E-state index >= 15 is 0 Å². The second-order valence-electron chi connectivity index (χ2n) is 8.10. The number of hydrogen-bond acceptors (Lipinski definition) is 7. The molecule has 3 amide bonds. The van der Waals surface area contributed by atoms with Crippen molar-refractivity contribution in [2.75, 3.05) is 20.2 Å². The second kappa shape index (κ2) is 10.1. The molecular weight excluding hydrogens is 468 g/mol. The lowest BCUT2D eigenvalue weighted by molar-refractivity contribution is -0.122. The number of nitrogens with zero attached hydrogens (tertiary/aromatic N) is 3. The van der Waals surface area contributed by atoms with Gasteiger partial charge in [0.2, 0.25) is 0 Å². The molecule has 1 aromatic heterocycles. The molecule has 0 saturated carbocycles. The van der Waals surface area contributed by atoms with Gasteiger partial charge in [0.25, 0.3) is 22.6 Å². The average molecular weight is 493 g/mol. The van der Waals surface area contributed by atoms with Crippen LogP contribution < -0.4 is 15.6 Å². The number of aromatic nitrogens is 2. The van der Waals surface area contributed by atoms with Crippen LogP contribution in [0.1, 0.15) is 35.9 Å². The number of hydrogen-bond donors (Lipinski definition) is 1. The van der Waals surface area contributed by atoms with E-state index in [1.54, 1.807) is 61.7 Å². The Kier molecular flexibility index (Phi) is 7.02. The standard InChI is InChI=1S/C25H24N4O5S/c1-15(2)29-23(31)19-7-5-4-6-18(19)21(27-29)22(30)26-12-13-28-24(32)20(35-25(28)33)14-16-8-10-17(34-3)11-9-16/h4-11,14-15H,12-13H2,1-3H3,(H,26,30)/b20-14+. The van der Waals surface area contributed by atoms with Gasteiger partial charge in [0.05, 0.1) is 23.4 Å². The Hall–Kier alpha value is -3.92. The maximum atomic E-state index is 12.9. The number of ether oxygens (including phenoxy) is 1. The number of rotatable bonds is 7. The number of carbonyl (C=O) groups excluding carboxylic acids is 3. The Morgan fingerprint density at radius 1 is 1.09 bits per heavy atom. The lowest BCUT2D eigenvalue weighted by atomic mass is 10.1. The van der Waals surface area contributed by atoms with Crippen LogP contribution in [0.15, 0.2) is 58.2 Å². The molecule has 10 heteroatoms. The van der Waals surface area contributed by atoms with Crippen LogP contribution in [0.3, 0.4) is 0 Å². The van der Waals surface area contributed by atoms with Crippen molar-refractivity contribution in [3.05, 3.63) is 75.0 Å². The quantitative estimate of drug-likeness (QED) is 0.503. The normalized spacial score (nSPS) is 14.9. The summed E-state index contributed by atoms with van der Waals surface area (Å²) in [6, 6.07) is 13.7. The van der Waals surface area contributed by atoms with Crippen LogP contribution in [0.25, 0.3) is 16.8 Å². The molecule has 0 spiro atoms. The molecular formula is C25H24N4O5S. The molecule has 1 aliphatic rings. The van der Waals surface area contributed by atoms with E-state index in [0.717, 1.165) is 22.2 Å². The summed E-state index contributed by atoms with van der Waals surface area (Å²) >= 11 is 0.855. The highest BCUT2D eigenvalue weighted by molar-refractivity contribution is 8.18. The van der Waals surface area contributed by atoms with Crippen LogP contribution in [0.2, 0.25) is 0 Å². The highest BCUT2D eigenvalue weighted by Gasteiger charge is 2.34. The number of carbonyl (C=O) groups is 3. The lowest BCUT2D eigenvalue weighted by Crippen LogP contribution is -2.38. The topological polar surface area (TPSA) is 111 Å². The summed E-state index contributed by atoms with van der Waals surface area (Å²) in [4.78, 5) is 52.2. The van der Waals surface area contributed by atoms with E-state index in [1.807, 2.05) is 13.8 Å². The molecule has 2 aromatic carbocycles. The van der Waals surface area contributed by atoms with Crippen molar-refractivity contribution in [3.63, 3.8) is 0 Å². The number of thioether (sulfide) groups is 1. The highest BCUT2D eigenvalue weighted by Crippen LogP contribution is 2.32. The molecule has 1 aliphatic heterocycles. The van der Waals surface area contributed by atoms with E-state index in [4.69, 9.17) is 4.74 Å². The maximum Gasteiger partial charge on any atom is 0.293 e. The first-order valence-corrected chi connectivity index (χ1v) is 11.8. The smallest absolute Gasteiger partial charge is 0.293 e. The van der Waals surface area contributed by atoms with Crippen molar-refractivity contribution in [2.24, 2.45) is 0 Å². The third kappa shape index (κ3) is 4.97. The van der Waals surface area contributed by atoms with E-state index < -0.39 is 17.1 Å². The van der Waals surface area contributed by atoms with E-state index in [0.29, 0.717) is 21.4 Å². The van der Waals surface area contributed by atoms with Crippen molar-refractivity contribution >= 4 is 45.7 Å². The predicted molar refractivity (Wildman–Crippen MR) is 134 cm³/mol. The first-order chi connectivity index (χ1) is 16.8. The van der Waals surface area contributed by atoms with E-state index in [-0.39, 0.29) is 30.4 Å². The fourth-order valence-electron chi connectivity index (χ4n) is 3.63. The number of fused-ring (bicyclic) bond motifs is 1. The van der Waals surface area contributed by atoms with Crippen LogP contribution in [0, 0.1) is 0 Å². The molecule has 9 nitrogen and oxygen atoms in total. The van der Waals surface area contributed by atoms with Gasteiger partial charge in [-0.2, -0.15) is 5.10 Å². The first-order valence-electron chi connectivity index (χ1n) is 11.0. The van der Waals surface area contributed by atoms with Crippen LogP contribution in [0.4, 0.5) is 4.79 Å². The zero-order chi connectivity index (χ0) is 25.1. The van der Waals surface area contributed by atoms with Crippen LogP contribution in [-0.4, -0.2) is 51.9 Å². The van der Waals surface area contributed by atoms with E-state index in [9.17, 15) is 19.2 Å². The SMILES string of the molecule is COc1ccc(/C=C2/SC(=O)N(CCNC(=O)c3nn(C(C)C)c(=O)c4ccccc34)C2=O)cc1. The minimum Gasteiger partial charge on any atom is -0.497 e. The largest absolute Gasteiger partial charge is 0.497 e. The molecule has 0 aliphatic carbocycles. The van der Waals surface area contributed by atoms with E-state index in [1.165, 1.54) is 4.68 Å². The summed E-state index contributed by atoms with van der Waals surface area (Å²) in [5, 5.41) is 7.43. The van der Waals surface area contributed by atoms with Gasteiger partial charge >= 0.3 is 0 Å². The Labute approximate surface area is 205 Å². The highest BCUT2D eigenvalue weighted by atomic mass is 32.2. The Bertz CT molecular complexity index is 1400. The number of methoxy groups -OCH3 is 1. The van der Waals surface area contributed by atoms with Gasteiger partial charge in [0.1, 0.15) is 5.75 Å². The minimum atomic E-state index is -0.489. The fraction of sp³-hybridized carbons (Fsp3) is 0.240. The fourth-order valence-corrected chi connectivity index (χ4v) is 4.50. The van der Waals surface area contributed by atoms with Gasteiger partial charge in [-0.05, 0) is 55.4 Å². The van der Waals surface area contributed by atoms with Gasteiger partial charge in [0, 0.05) is 18.5 Å². The Morgan fingerprint density at radius 2 is 1.77 bits per heavy atom. The van der Waals surface area contributed by atoms with E-state index in [2.05, 4.69) is 10.4 Å². The Morgan fingerprint density at radius 3 is 2.43 bits per heavy atom. The molecule has 0 atom stereocenters. The lowest BCUT2D eigenvalue weighted by Gasteiger charge is -2.15.